The molecule has 0 atom stereocenters. The van der Waals surface area contributed by atoms with Crippen molar-refractivity contribution in [2.24, 2.45) is 10.2 Å². The van der Waals surface area contributed by atoms with E-state index in [2.05, 4.69) is 28.9 Å². The molecule has 0 heterocycles. The molecular formula is C27H54N2S. The molecule has 178 valence electrons. The van der Waals surface area contributed by atoms with Gasteiger partial charge in [-0.2, -0.15) is 10.2 Å². The van der Waals surface area contributed by atoms with Crippen LogP contribution >= 0.6 is 11.8 Å². The SMILES string of the molecule is CCCCCCCCCCCCCCCN=NCSC1CCCCCCCCCC1. The van der Waals surface area contributed by atoms with E-state index >= 15 is 0 Å². The third-order valence-corrected chi connectivity index (χ3v) is 7.84. The van der Waals surface area contributed by atoms with Gasteiger partial charge in [0.05, 0.1) is 6.54 Å². The minimum atomic E-state index is 0.832. The van der Waals surface area contributed by atoms with E-state index in [0.717, 1.165) is 17.7 Å². The van der Waals surface area contributed by atoms with Gasteiger partial charge in [-0.3, -0.25) is 0 Å². The van der Waals surface area contributed by atoms with Crippen molar-refractivity contribution in [2.45, 2.75) is 160 Å². The summed E-state index contributed by atoms with van der Waals surface area (Å²) in [6.07, 6.45) is 32.7. The van der Waals surface area contributed by atoms with Gasteiger partial charge in [0.1, 0.15) is 5.88 Å². The van der Waals surface area contributed by atoms with Gasteiger partial charge in [-0.1, -0.05) is 135 Å². The van der Waals surface area contributed by atoms with Gasteiger partial charge in [-0.25, -0.2) is 0 Å². The van der Waals surface area contributed by atoms with Crippen LogP contribution in [0.5, 0.6) is 0 Å². The maximum Gasteiger partial charge on any atom is 0.105 e. The second kappa shape index (κ2) is 23.6. The zero-order valence-electron chi connectivity index (χ0n) is 20.6. The Morgan fingerprint density at radius 2 is 0.967 bits per heavy atom. The standard InChI is InChI=1S/C27H54N2S/c1-2-3-4-5-6-7-8-9-10-13-16-19-22-25-28-29-26-30-27-23-20-17-14-11-12-15-18-21-24-27/h27H,2-26H2,1H3. The van der Waals surface area contributed by atoms with Crippen LogP contribution < -0.4 is 0 Å². The summed E-state index contributed by atoms with van der Waals surface area (Å²) in [6, 6.07) is 0. The Labute approximate surface area is 194 Å². The van der Waals surface area contributed by atoms with Gasteiger partial charge in [0.15, 0.2) is 0 Å². The number of rotatable bonds is 17. The minimum Gasteiger partial charge on any atom is -0.193 e. The van der Waals surface area contributed by atoms with E-state index < -0.39 is 0 Å². The quantitative estimate of drug-likeness (QED) is 0.164. The molecule has 0 saturated heterocycles. The van der Waals surface area contributed by atoms with Gasteiger partial charge < -0.3 is 0 Å². The van der Waals surface area contributed by atoms with Crippen LogP contribution in [0.15, 0.2) is 10.2 Å². The fourth-order valence-electron chi connectivity index (χ4n) is 4.57. The first-order chi connectivity index (χ1) is 14.9. The second-order valence-corrected chi connectivity index (χ2v) is 10.8. The molecule has 30 heavy (non-hydrogen) atoms. The van der Waals surface area contributed by atoms with E-state index in [9.17, 15) is 0 Å². The van der Waals surface area contributed by atoms with E-state index in [-0.39, 0.29) is 0 Å². The molecule has 1 aliphatic rings. The lowest BCUT2D eigenvalue weighted by atomic mass is 10.0. The Kier molecular flexibility index (Phi) is 22.0. The Morgan fingerprint density at radius 1 is 0.533 bits per heavy atom. The zero-order valence-corrected chi connectivity index (χ0v) is 21.4. The summed E-state index contributed by atoms with van der Waals surface area (Å²) in [5, 5.41) is 9.73. The summed E-state index contributed by atoms with van der Waals surface area (Å²) < 4.78 is 0. The fraction of sp³-hybridized carbons (Fsp3) is 1.00. The summed E-state index contributed by atoms with van der Waals surface area (Å²) in [7, 11) is 0. The Morgan fingerprint density at radius 3 is 1.47 bits per heavy atom. The monoisotopic (exact) mass is 438 g/mol. The molecule has 0 aromatic heterocycles. The molecule has 0 bridgehead atoms. The van der Waals surface area contributed by atoms with Crippen LogP contribution in [0, 0.1) is 0 Å². The van der Waals surface area contributed by atoms with Crippen molar-refractivity contribution < 1.29 is 0 Å². The summed E-state index contributed by atoms with van der Waals surface area (Å²) in [4.78, 5) is 0. The first-order valence-corrected chi connectivity index (χ1v) is 14.9. The highest BCUT2D eigenvalue weighted by atomic mass is 32.2. The van der Waals surface area contributed by atoms with Gasteiger partial charge in [-0.05, 0) is 19.3 Å². The molecule has 0 amide bonds. The molecule has 1 aliphatic carbocycles. The van der Waals surface area contributed by atoms with Gasteiger partial charge in [0, 0.05) is 5.25 Å². The van der Waals surface area contributed by atoms with Crippen molar-refractivity contribution in [3.63, 3.8) is 0 Å². The summed E-state index contributed by atoms with van der Waals surface area (Å²) in [6.45, 7) is 3.24. The van der Waals surface area contributed by atoms with E-state index in [1.165, 1.54) is 148 Å². The van der Waals surface area contributed by atoms with Crippen LogP contribution in [-0.4, -0.2) is 17.7 Å². The normalized spacial score (nSPS) is 17.4. The molecule has 0 spiro atoms. The summed E-state index contributed by atoms with van der Waals surface area (Å²) in [5.74, 6) is 0.892. The Hall–Kier alpha value is -0.0500. The van der Waals surface area contributed by atoms with Crippen LogP contribution in [0.3, 0.4) is 0 Å². The van der Waals surface area contributed by atoms with Crippen molar-refractivity contribution in [1.29, 1.82) is 0 Å². The smallest absolute Gasteiger partial charge is 0.105 e. The molecule has 0 aromatic rings. The molecule has 0 radical (unpaired) electrons. The molecule has 0 aromatic carbocycles. The van der Waals surface area contributed by atoms with Gasteiger partial charge in [-0.15, -0.1) is 11.8 Å². The van der Waals surface area contributed by atoms with Gasteiger partial charge in [0.25, 0.3) is 0 Å². The van der Waals surface area contributed by atoms with Crippen LogP contribution in [0.25, 0.3) is 0 Å². The highest BCUT2D eigenvalue weighted by molar-refractivity contribution is 7.99. The minimum absolute atomic E-state index is 0.832. The second-order valence-electron chi connectivity index (χ2n) is 9.57. The average Bonchev–Trinajstić information content (AvgIpc) is 2.82. The van der Waals surface area contributed by atoms with Gasteiger partial charge >= 0.3 is 0 Å². The molecule has 3 heteroatoms. The van der Waals surface area contributed by atoms with E-state index in [1.54, 1.807) is 0 Å². The van der Waals surface area contributed by atoms with Crippen molar-refractivity contribution in [3.8, 4) is 0 Å². The number of hydrogen-bond donors (Lipinski definition) is 0. The number of hydrogen-bond acceptors (Lipinski definition) is 3. The largest absolute Gasteiger partial charge is 0.193 e. The Balaban J connectivity index is 1.84. The van der Waals surface area contributed by atoms with Crippen LogP contribution in [0.4, 0.5) is 0 Å². The molecule has 1 fully saturated rings. The number of azo groups is 1. The number of unbranched alkanes of at least 4 members (excludes halogenated alkanes) is 12. The van der Waals surface area contributed by atoms with Crippen LogP contribution in [0.2, 0.25) is 0 Å². The maximum absolute atomic E-state index is 4.46. The highest BCUT2D eigenvalue weighted by Crippen LogP contribution is 2.25. The molecule has 1 rings (SSSR count). The predicted molar refractivity (Wildman–Crippen MR) is 138 cm³/mol. The molecule has 0 unspecified atom stereocenters. The summed E-state index contributed by atoms with van der Waals surface area (Å²) in [5.41, 5.74) is 0. The van der Waals surface area contributed by atoms with Crippen molar-refractivity contribution in [2.75, 3.05) is 12.4 Å². The third kappa shape index (κ3) is 19.9. The van der Waals surface area contributed by atoms with Crippen molar-refractivity contribution in [3.05, 3.63) is 0 Å². The lowest BCUT2D eigenvalue weighted by molar-refractivity contribution is 0.539. The number of thioether (sulfide) groups is 1. The average molecular weight is 439 g/mol. The van der Waals surface area contributed by atoms with E-state index in [4.69, 9.17) is 0 Å². The van der Waals surface area contributed by atoms with E-state index in [0.29, 0.717) is 0 Å². The Bertz CT molecular complexity index is 347. The third-order valence-electron chi connectivity index (χ3n) is 6.63. The fourth-order valence-corrected chi connectivity index (χ4v) is 5.59. The molecule has 0 N–H and O–H groups in total. The first kappa shape index (κ1) is 28.0. The van der Waals surface area contributed by atoms with Gasteiger partial charge in [0.2, 0.25) is 0 Å². The molecular weight excluding hydrogens is 384 g/mol. The van der Waals surface area contributed by atoms with Crippen LogP contribution in [-0.2, 0) is 0 Å². The molecule has 1 saturated carbocycles. The first-order valence-electron chi connectivity index (χ1n) is 13.9. The predicted octanol–water partition coefficient (Wildman–Crippen LogP) is 10.5. The van der Waals surface area contributed by atoms with Crippen molar-refractivity contribution >= 4 is 11.8 Å². The summed E-state index contributed by atoms with van der Waals surface area (Å²) >= 11 is 2.07. The topological polar surface area (TPSA) is 24.7 Å². The number of nitrogens with zero attached hydrogens (tertiary/aromatic N) is 2. The zero-order chi connectivity index (χ0) is 21.4. The maximum atomic E-state index is 4.46. The molecule has 0 aliphatic heterocycles. The molecule has 2 nitrogen and oxygen atoms in total. The van der Waals surface area contributed by atoms with Crippen LogP contribution in [0.1, 0.15) is 155 Å². The lowest BCUT2D eigenvalue weighted by Gasteiger charge is -2.14. The van der Waals surface area contributed by atoms with Crippen molar-refractivity contribution in [1.82, 2.24) is 0 Å². The van der Waals surface area contributed by atoms with E-state index in [1.807, 2.05) is 0 Å². The lowest BCUT2D eigenvalue weighted by Crippen LogP contribution is -2.03. The highest BCUT2D eigenvalue weighted by Gasteiger charge is 2.09.